The topological polar surface area (TPSA) is 37.3 Å². The summed E-state index contributed by atoms with van der Waals surface area (Å²) in [5.41, 5.74) is -4.26. The predicted octanol–water partition coefficient (Wildman–Crippen LogP) is 2.98. The van der Waals surface area contributed by atoms with Crippen molar-refractivity contribution in [2.24, 2.45) is 0 Å². The van der Waals surface area contributed by atoms with Crippen molar-refractivity contribution in [3.05, 3.63) is 0 Å². The van der Waals surface area contributed by atoms with Gasteiger partial charge in [0.25, 0.3) is 0 Å². The van der Waals surface area contributed by atoms with Crippen LogP contribution in [0.15, 0.2) is 0 Å². The first-order chi connectivity index (χ1) is 6.86. The molecule has 0 aromatic heterocycles. The molecule has 0 aliphatic carbocycles. The van der Waals surface area contributed by atoms with Crippen molar-refractivity contribution in [2.45, 2.75) is 29.5 Å². The Bertz CT molecular complexity index is 237. The fourth-order valence-corrected chi connectivity index (χ4v) is 3.65. The summed E-state index contributed by atoms with van der Waals surface area (Å²) in [5, 5.41) is 8.98. The van der Waals surface area contributed by atoms with Gasteiger partial charge in [0.1, 0.15) is 4.75 Å². The second-order valence-corrected chi connectivity index (χ2v) is 5.93. The number of aliphatic carboxylic acids is 1. The lowest BCUT2D eigenvalue weighted by Gasteiger charge is -2.22. The third-order valence-electron chi connectivity index (χ3n) is 2.26. The Morgan fingerprint density at radius 2 is 2.20 bits per heavy atom. The van der Waals surface area contributed by atoms with Gasteiger partial charge in [0.05, 0.1) is 0 Å². The van der Waals surface area contributed by atoms with Crippen LogP contribution in [-0.4, -0.2) is 32.8 Å². The summed E-state index contributed by atoms with van der Waals surface area (Å²) in [5.74, 6) is -0.432. The first-order valence-electron chi connectivity index (χ1n) is 4.44. The summed E-state index contributed by atoms with van der Waals surface area (Å²) in [7, 11) is 0. The minimum absolute atomic E-state index is 0.0805. The van der Waals surface area contributed by atoms with Gasteiger partial charge in [0.2, 0.25) is 0 Å². The van der Waals surface area contributed by atoms with E-state index in [1.807, 2.05) is 0 Å². The van der Waals surface area contributed by atoms with Crippen molar-refractivity contribution in [1.82, 2.24) is 0 Å². The first-order valence-corrected chi connectivity index (χ1v) is 6.41. The zero-order valence-electron chi connectivity index (χ0n) is 7.84. The minimum atomic E-state index is -4.26. The van der Waals surface area contributed by atoms with Gasteiger partial charge in [0, 0.05) is 5.75 Å². The van der Waals surface area contributed by atoms with Crippen LogP contribution in [0.5, 0.6) is 0 Å². The lowest BCUT2D eigenvalue weighted by atomic mass is 10.0. The molecule has 0 bridgehead atoms. The number of halogens is 3. The maximum atomic E-state index is 11.9. The molecule has 1 heterocycles. The molecular formula is C8H11F3O2S2. The number of hydrogen-bond acceptors (Lipinski definition) is 3. The molecule has 0 spiro atoms. The van der Waals surface area contributed by atoms with Crippen molar-refractivity contribution in [1.29, 1.82) is 0 Å². The van der Waals surface area contributed by atoms with Crippen molar-refractivity contribution < 1.29 is 23.1 Å². The lowest BCUT2D eigenvalue weighted by Crippen LogP contribution is -2.33. The normalized spacial score (nSPS) is 26.9. The van der Waals surface area contributed by atoms with Crippen LogP contribution in [0.25, 0.3) is 0 Å². The van der Waals surface area contributed by atoms with E-state index in [2.05, 4.69) is 0 Å². The fraction of sp³-hybridized carbons (Fsp3) is 0.875. The number of carbonyl (C=O) groups is 1. The van der Waals surface area contributed by atoms with Crippen molar-refractivity contribution >= 4 is 29.5 Å². The number of thioether (sulfide) groups is 2. The van der Waals surface area contributed by atoms with E-state index in [1.165, 1.54) is 11.8 Å². The number of hydrogen-bond donors (Lipinski definition) is 1. The molecule has 0 aromatic carbocycles. The monoisotopic (exact) mass is 260 g/mol. The second kappa shape index (κ2) is 4.86. The summed E-state index contributed by atoms with van der Waals surface area (Å²) >= 11 is 1.13. The van der Waals surface area contributed by atoms with E-state index in [4.69, 9.17) is 5.11 Å². The van der Waals surface area contributed by atoms with Crippen LogP contribution in [0.2, 0.25) is 0 Å². The van der Waals surface area contributed by atoms with Gasteiger partial charge in [-0.15, -0.1) is 11.8 Å². The number of carboxylic acid groups (broad SMARTS) is 1. The van der Waals surface area contributed by atoms with Crippen LogP contribution in [0.1, 0.15) is 19.3 Å². The Labute approximate surface area is 94.0 Å². The van der Waals surface area contributed by atoms with E-state index in [0.717, 1.165) is 12.2 Å². The van der Waals surface area contributed by atoms with Gasteiger partial charge in [-0.1, -0.05) is 11.8 Å². The molecule has 1 saturated heterocycles. The maximum Gasteiger partial charge on any atom is 0.441 e. The molecule has 1 unspecified atom stereocenters. The van der Waals surface area contributed by atoms with Crippen LogP contribution >= 0.6 is 23.5 Å². The summed E-state index contributed by atoms with van der Waals surface area (Å²) in [6.07, 6.45) is 1.33. The molecule has 0 aromatic rings. The molecule has 0 saturated carbocycles. The van der Waals surface area contributed by atoms with Crippen LogP contribution in [0.4, 0.5) is 13.2 Å². The van der Waals surface area contributed by atoms with E-state index in [1.54, 1.807) is 0 Å². The van der Waals surface area contributed by atoms with Gasteiger partial charge in [-0.3, -0.25) is 4.79 Å². The molecule has 0 amide bonds. The predicted molar refractivity (Wildman–Crippen MR) is 55.2 cm³/mol. The summed E-state index contributed by atoms with van der Waals surface area (Å²) in [6, 6.07) is 0. The zero-order valence-corrected chi connectivity index (χ0v) is 9.47. The summed E-state index contributed by atoms with van der Waals surface area (Å²) in [6.45, 7) is 0. The van der Waals surface area contributed by atoms with E-state index < -0.39 is 16.2 Å². The zero-order chi connectivity index (χ0) is 11.5. The second-order valence-electron chi connectivity index (χ2n) is 3.30. The average molecular weight is 260 g/mol. The van der Waals surface area contributed by atoms with Crippen molar-refractivity contribution in [2.75, 3.05) is 11.5 Å². The number of carboxylic acids is 1. The van der Waals surface area contributed by atoms with E-state index in [-0.39, 0.29) is 23.9 Å². The molecule has 1 N–H and O–H groups in total. The van der Waals surface area contributed by atoms with Crippen LogP contribution in [-0.2, 0) is 4.79 Å². The van der Waals surface area contributed by atoms with Gasteiger partial charge >= 0.3 is 11.5 Å². The SMILES string of the molecule is O=C(O)C1(CCSC(F)(F)F)CCCS1. The van der Waals surface area contributed by atoms with Gasteiger partial charge < -0.3 is 5.11 Å². The van der Waals surface area contributed by atoms with E-state index in [9.17, 15) is 18.0 Å². The highest BCUT2D eigenvalue weighted by atomic mass is 32.2. The Hall–Kier alpha value is -0.0400. The smallest absolute Gasteiger partial charge is 0.441 e. The molecule has 1 atom stereocenters. The Morgan fingerprint density at radius 1 is 1.53 bits per heavy atom. The standard InChI is InChI=1S/C8H11F3O2S2/c9-8(10,11)15-5-3-7(6(12)13)2-1-4-14-7/h1-5H2,(H,12,13). The third-order valence-corrected chi connectivity index (χ3v) is 4.63. The highest BCUT2D eigenvalue weighted by molar-refractivity contribution is 8.02. The lowest BCUT2D eigenvalue weighted by molar-refractivity contribution is -0.140. The Morgan fingerprint density at radius 3 is 2.60 bits per heavy atom. The fourth-order valence-electron chi connectivity index (χ4n) is 1.50. The first kappa shape index (κ1) is 13.0. The molecule has 2 nitrogen and oxygen atoms in total. The molecule has 1 aliphatic rings. The van der Waals surface area contributed by atoms with Crippen molar-refractivity contribution in [3.63, 3.8) is 0 Å². The Kier molecular flexibility index (Phi) is 4.22. The highest BCUT2D eigenvalue weighted by Crippen LogP contribution is 2.43. The number of alkyl halides is 3. The van der Waals surface area contributed by atoms with Crippen LogP contribution < -0.4 is 0 Å². The van der Waals surface area contributed by atoms with E-state index >= 15 is 0 Å². The average Bonchev–Trinajstić information content (AvgIpc) is 2.51. The molecule has 88 valence electrons. The Balaban J connectivity index is 2.43. The molecule has 1 aliphatic heterocycles. The quantitative estimate of drug-likeness (QED) is 0.843. The third kappa shape index (κ3) is 3.79. The molecule has 7 heteroatoms. The molecule has 1 rings (SSSR count). The van der Waals surface area contributed by atoms with Crippen LogP contribution in [0, 0.1) is 0 Å². The number of rotatable bonds is 4. The molecule has 1 fully saturated rings. The molecule has 15 heavy (non-hydrogen) atoms. The minimum Gasteiger partial charge on any atom is -0.480 e. The maximum absolute atomic E-state index is 11.9. The van der Waals surface area contributed by atoms with Gasteiger partial charge in [-0.2, -0.15) is 13.2 Å². The van der Waals surface area contributed by atoms with E-state index in [0.29, 0.717) is 6.42 Å². The van der Waals surface area contributed by atoms with Gasteiger partial charge in [-0.05, 0) is 25.0 Å². The highest BCUT2D eigenvalue weighted by Gasteiger charge is 2.42. The van der Waals surface area contributed by atoms with Crippen molar-refractivity contribution in [3.8, 4) is 0 Å². The largest absolute Gasteiger partial charge is 0.480 e. The molecule has 0 radical (unpaired) electrons. The van der Waals surface area contributed by atoms with Gasteiger partial charge in [0.15, 0.2) is 0 Å². The summed E-state index contributed by atoms with van der Waals surface area (Å²) < 4.78 is 34.6. The van der Waals surface area contributed by atoms with Gasteiger partial charge in [-0.25, -0.2) is 0 Å². The van der Waals surface area contributed by atoms with Crippen LogP contribution in [0.3, 0.4) is 0 Å². The summed E-state index contributed by atoms with van der Waals surface area (Å²) in [4.78, 5) is 11.0. The molecular weight excluding hydrogens is 249 g/mol.